The van der Waals surface area contributed by atoms with Crippen LogP contribution in [0.15, 0.2) is 12.2 Å². The van der Waals surface area contributed by atoms with Crippen LogP contribution in [0.25, 0.3) is 0 Å². The maximum atomic E-state index is 12.1. The molecule has 0 aromatic rings. The van der Waals surface area contributed by atoms with Crippen LogP contribution in [-0.4, -0.2) is 24.3 Å². The van der Waals surface area contributed by atoms with Crippen molar-refractivity contribution in [2.24, 2.45) is 0 Å². The van der Waals surface area contributed by atoms with Crippen molar-refractivity contribution in [3.8, 4) is 0 Å². The van der Waals surface area contributed by atoms with Crippen LogP contribution < -0.4 is 0 Å². The van der Waals surface area contributed by atoms with E-state index >= 15 is 0 Å². The Kier molecular flexibility index (Phi) is 53.4. The summed E-state index contributed by atoms with van der Waals surface area (Å²) in [4.78, 5) is 12.1. The van der Waals surface area contributed by atoms with E-state index in [1.165, 1.54) is 289 Å². The molecule has 0 aliphatic rings. The third-order valence-corrected chi connectivity index (χ3v) is 12.7. The highest BCUT2D eigenvalue weighted by atomic mass is 16.5. The number of aliphatic hydroxyl groups is 1. The summed E-state index contributed by atoms with van der Waals surface area (Å²) in [7, 11) is 0. The van der Waals surface area contributed by atoms with Gasteiger partial charge in [0, 0.05) is 13.0 Å². The first-order valence-electron chi connectivity index (χ1n) is 27.2. The number of rotatable bonds is 52. The number of esters is 1. The van der Waals surface area contributed by atoms with Crippen LogP contribution in [0.2, 0.25) is 0 Å². The summed E-state index contributed by atoms with van der Waals surface area (Å²) in [5.74, 6) is 0.0277. The second-order valence-electron chi connectivity index (χ2n) is 18.7. The van der Waals surface area contributed by atoms with Crippen LogP contribution in [0.3, 0.4) is 0 Å². The van der Waals surface area contributed by atoms with Crippen LogP contribution >= 0.6 is 0 Å². The highest BCUT2D eigenvalue weighted by Crippen LogP contribution is 2.18. The molecule has 58 heavy (non-hydrogen) atoms. The predicted molar refractivity (Wildman–Crippen MR) is 259 cm³/mol. The first-order chi connectivity index (χ1) is 28.8. The first kappa shape index (κ1) is 57.2. The zero-order valence-corrected chi connectivity index (χ0v) is 40.0. The number of aliphatic hydroxyl groups excluding tert-OH is 1. The quantitative estimate of drug-likeness (QED) is 0.0378. The lowest BCUT2D eigenvalue weighted by atomic mass is 10.0. The Hall–Kier alpha value is -0.830. The molecule has 0 heterocycles. The average molecular weight is 817 g/mol. The molecule has 3 heteroatoms. The second kappa shape index (κ2) is 54.2. The molecular weight excluding hydrogens is 709 g/mol. The Bertz CT molecular complexity index is 762. The molecule has 1 N–H and O–H groups in total. The van der Waals surface area contributed by atoms with E-state index in [0.717, 1.165) is 19.3 Å². The van der Waals surface area contributed by atoms with Gasteiger partial charge in [-0.3, -0.25) is 4.79 Å². The molecule has 0 rings (SSSR count). The molecule has 0 aromatic carbocycles. The fourth-order valence-electron chi connectivity index (χ4n) is 8.65. The number of ether oxygens (including phenoxy) is 1. The minimum atomic E-state index is 0.0277. The maximum Gasteiger partial charge on any atom is 0.305 e. The van der Waals surface area contributed by atoms with Gasteiger partial charge in [-0.1, -0.05) is 282 Å². The van der Waals surface area contributed by atoms with E-state index in [1.807, 2.05) is 0 Å². The lowest BCUT2D eigenvalue weighted by molar-refractivity contribution is -0.143. The van der Waals surface area contributed by atoms with E-state index in [-0.39, 0.29) is 5.97 Å². The van der Waals surface area contributed by atoms with E-state index in [2.05, 4.69) is 19.1 Å². The molecule has 0 aliphatic carbocycles. The summed E-state index contributed by atoms with van der Waals surface area (Å²) in [6.07, 6.45) is 71.0. The summed E-state index contributed by atoms with van der Waals surface area (Å²) in [6, 6.07) is 0. The zero-order valence-electron chi connectivity index (χ0n) is 40.0. The summed E-state index contributed by atoms with van der Waals surface area (Å²) in [5, 5.41) is 8.82. The van der Waals surface area contributed by atoms with Crippen molar-refractivity contribution in [1.29, 1.82) is 0 Å². The highest BCUT2D eigenvalue weighted by molar-refractivity contribution is 5.69. The Morgan fingerprint density at radius 1 is 0.328 bits per heavy atom. The molecule has 0 saturated heterocycles. The molecule has 3 nitrogen and oxygen atoms in total. The standard InChI is InChI=1S/C55H108O3/c1-2-3-4-5-6-7-8-9-10-11-12-22-25-28-31-34-37-40-43-46-49-52-55(57)58-54-51-48-45-42-39-36-33-30-27-24-21-19-17-15-13-14-16-18-20-23-26-29-32-35-38-41-44-47-50-53-56/h9-10,56H,2-8,11-54H2,1H3. The smallest absolute Gasteiger partial charge is 0.305 e. The minimum absolute atomic E-state index is 0.0277. The zero-order chi connectivity index (χ0) is 41.8. The van der Waals surface area contributed by atoms with Gasteiger partial charge in [-0.15, -0.1) is 0 Å². The third-order valence-electron chi connectivity index (χ3n) is 12.7. The van der Waals surface area contributed by atoms with Crippen molar-refractivity contribution >= 4 is 5.97 Å². The van der Waals surface area contributed by atoms with E-state index in [4.69, 9.17) is 9.84 Å². The number of hydrogen-bond donors (Lipinski definition) is 1. The predicted octanol–water partition coefficient (Wildman–Crippen LogP) is 19.2. The van der Waals surface area contributed by atoms with Gasteiger partial charge >= 0.3 is 5.97 Å². The van der Waals surface area contributed by atoms with Crippen LogP contribution in [0.4, 0.5) is 0 Å². The van der Waals surface area contributed by atoms with Crippen LogP contribution in [0, 0.1) is 0 Å². The van der Waals surface area contributed by atoms with Gasteiger partial charge in [0.1, 0.15) is 0 Å². The number of carbonyl (C=O) groups excluding carboxylic acids is 1. The SMILES string of the molecule is CCCCCCCCC=CCCCCCCCCCCCCCC(=O)OCCCCCCCCCCCCCCCCCCCCCCCCCCCCCCCO. The first-order valence-corrected chi connectivity index (χ1v) is 27.2. The molecule has 0 aliphatic heterocycles. The largest absolute Gasteiger partial charge is 0.466 e. The van der Waals surface area contributed by atoms with Crippen molar-refractivity contribution in [2.75, 3.05) is 13.2 Å². The fraction of sp³-hybridized carbons (Fsp3) is 0.945. The summed E-state index contributed by atoms with van der Waals surface area (Å²) >= 11 is 0. The molecule has 0 bridgehead atoms. The van der Waals surface area contributed by atoms with Crippen LogP contribution in [0.5, 0.6) is 0 Å². The molecule has 0 fully saturated rings. The number of unbranched alkanes of at least 4 members (excludes halogenated alkanes) is 45. The Labute approximate surface area is 366 Å². The molecule has 0 spiro atoms. The number of hydrogen-bond acceptors (Lipinski definition) is 3. The van der Waals surface area contributed by atoms with E-state index in [9.17, 15) is 4.79 Å². The minimum Gasteiger partial charge on any atom is -0.466 e. The molecule has 0 amide bonds. The monoisotopic (exact) mass is 817 g/mol. The highest BCUT2D eigenvalue weighted by Gasteiger charge is 2.03. The fourth-order valence-corrected chi connectivity index (χ4v) is 8.65. The van der Waals surface area contributed by atoms with Gasteiger partial charge in [-0.2, -0.15) is 0 Å². The van der Waals surface area contributed by atoms with E-state index in [1.54, 1.807) is 0 Å². The van der Waals surface area contributed by atoms with Gasteiger partial charge in [-0.25, -0.2) is 0 Å². The Morgan fingerprint density at radius 2 is 0.569 bits per heavy atom. The van der Waals surface area contributed by atoms with Crippen LogP contribution in [0.1, 0.15) is 322 Å². The molecule has 346 valence electrons. The normalized spacial score (nSPS) is 11.7. The van der Waals surface area contributed by atoms with Crippen molar-refractivity contribution in [1.82, 2.24) is 0 Å². The number of allylic oxidation sites excluding steroid dienone is 2. The molecule has 0 saturated carbocycles. The van der Waals surface area contributed by atoms with Crippen LogP contribution in [-0.2, 0) is 9.53 Å². The molecule has 0 unspecified atom stereocenters. The lowest BCUT2D eigenvalue weighted by Gasteiger charge is -2.06. The van der Waals surface area contributed by atoms with Gasteiger partial charge in [0.2, 0.25) is 0 Å². The van der Waals surface area contributed by atoms with E-state index in [0.29, 0.717) is 19.6 Å². The molecule has 0 radical (unpaired) electrons. The molecular formula is C55H108O3. The average Bonchev–Trinajstić information content (AvgIpc) is 3.23. The summed E-state index contributed by atoms with van der Waals surface area (Å²) < 4.78 is 5.50. The van der Waals surface area contributed by atoms with E-state index < -0.39 is 0 Å². The molecule has 0 aromatic heterocycles. The van der Waals surface area contributed by atoms with Gasteiger partial charge in [0.15, 0.2) is 0 Å². The number of carbonyl (C=O) groups is 1. The molecule has 0 atom stereocenters. The van der Waals surface area contributed by atoms with Gasteiger partial charge < -0.3 is 9.84 Å². The second-order valence-corrected chi connectivity index (χ2v) is 18.7. The van der Waals surface area contributed by atoms with Gasteiger partial charge in [-0.05, 0) is 44.9 Å². The summed E-state index contributed by atoms with van der Waals surface area (Å²) in [6.45, 7) is 3.29. The van der Waals surface area contributed by atoms with Crippen molar-refractivity contribution in [3.05, 3.63) is 12.2 Å². The Balaban J connectivity index is 3.16. The lowest BCUT2D eigenvalue weighted by Crippen LogP contribution is -2.05. The van der Waals surface area contributed by atoms with Gasteiger partial charge in [0.25, 0.3) is 0 Å². The third kappa shape index (κ3) is 53.2. The van der Waals surface area contributed by atoms with Crippen molar-refractivity contribution in [2.45, 2.75) is 322 Å². The van der Waals surface area contributed by atoms with Crippen molar-refractivity contribution in [3.63, 3.8) is 0 Å². The maximum absolute atomic E-state index is 12.1. The topological polar surface area (TPSA) is 46.5 Å². The van der Waals surface area contributed by atoms with Crippen molar-refractivity contribution < 1.29 is 14.6 Å². The Morgan fingerprint density at radius 3 is 0.862 bits per heavy atom. The van der Waals surface area contributed by atoms with Gasteiger partial charge in [0.05, 0.1) is 6.61 Å². The summed E-state index contributed by atoms with van der Waals surface area (Å²) in [5.41, 5.74) is 0.